The molecule has 0 spiro atoms. The van der Waals surface area contributed by atoms with Crippen molar-refractivity contribution in [2.75, 3.05) is 6.54 Å². The van der Waals surface area contributed by atoms with Crippen LogP contribution in [0.4, 0.5) is 4.79 Å². The molecule has 1 aromatic carbocycles. The lowest BCUT2D eigenvalue weighted by Gasteiger charge is -2.25. The minimum absolute atomic E-state index is 0.513. The summed E-state index contributed by atoms with van der Waals surface area (Å²) >= 11 is 0. The molecule has 3 nitrogen and oxygen atoms in total. The summed E-state index contributed by atoms with van der Waals surface area (Å²) in [7, 11) is 0. The lowest BCUT2D eigenvalue weighted by atomic mass is 10.0. The molecule has 0 aromatic heterocycles. The van der Waals surface area contributed by atoms with E-state index in [0.717, 1.165) is 12.0 Å². The van der Waals surface area contributed by atoms with Gasteiger partial charge < -0.3 is 10.0 Å². The van der Waals surface area contributed by atoms with E-state index in [1.807, 2.05) is 18.2 Å². The highest BCUT2D eigenvalue weighted by Gasteiger charge is 2.18. The van der Waals surface area contributed by atoms with Gasteiger partial charge in [-0.15, -0.1) is 0 Å². The smallest absolute Gasteiger partial charge is 0.407 e. The molecule has 2 rings (SSSR count). The molecular formula is C10H10NO2. The van der Waals surface area contributed by atoms with E-state index < -0.39 is 6.09 Å². The van der Waals surface area contributed by atoms with Gasteiger partial charge in [0.25, 0.3) is 0 Å². The minimum Gasteiger partial charge on any atom is -0.465 e. The predicted octanol–water partition coefficient (Wildman–Crippen LogP) is 1.52. The average Bonchev–Trinajstić information content (AvgIpc) is 2.17. The standard InChI is InChI=1S/C10H10NO2/c12-10(13)11-6-5-8-3-1-2-4-9(8)7-11/h2-4H,5-7H2,(H,12,13). The fraction of sp³-hybridized carbons (Fsp3) is 0.300. The number of benzene rings is 1. The van der Waals surface area contributed by atoms with Crippen molar-refractivity contribution in [1.29, 1.82) is 0 Å². The number of rotatable bonds is 0. The highest BCUT2D eigenvalue weighted by Crippen LogP contribution is 2.17. The molecule has 0 saturated heterocycles. The molecule has 0 aliphatic carbocycles. The van der Waals surface area contributed by atoms with Gasteiger partial charge in [0.05, 0.1) is 0 Å². The van der Waals surface area contributed by atoms with Crippen LogP contribution in [-0.4, -0.2) is 22.6 Å². The van der Waals surface area contributed by atoms with Crippen molar-refractivity contribution in [3.63, 3.8) is 0 Å². The summed E-state index contributed by atoms with van der Waals surface area (Å²) in [5.74, 6) is 0. The molecule has 1 aromatic rings. The maximum absolute atomic E-state index is 10.7. The number of amides is 1. The van der Waals surface area contributed by atoms with Crippen molar-refractivity contribution in [2.45, 2.75) is 13.0 Å². The lowest BCUT2D eigenvalue weighted by Crippen LogP contribution is -2.34. The van der Waals surface area contributed by atoms with Crippen molar-refractivity contribution < 1.29 is 9.90 Å². The van der Waals surface area contributed by atoms with E-state index in [9.17, 15) is 4.79 Å². The van der Waals surface area contributed by atoms with Gasteiger partial charge in [-0.2, -0.15) is 0 Å². The van der Waals surface area contributed by atoms with Crippen LogP contribution in [0.3, 0.4) is 0 Å². The quantitative estimate of drug-likeness (QED) is 0.651. The number of carbonyl (C=O) groups is 1. The zero-order valence-corrected chi connectivity index (χ0v) is 7.16. The van der Waals surface area contributed by atoms with Crippen LogP contribution in [0, 0.1) is 6.07 Å². The monoisotopic (exact) mass is 176 g/mol. The zero-order valence-electron chi connectivity index (χ0n) is 7.16. The summed E-state index contributed by atoms with van der Waals surface area (Å²) in [6.45, 7) is 1.11. The minimum atomic E-state index is -0.835. The van der Waals surface area contributed by atoms with Gasteiger partial charge in [-0.1, -0.05) is 18.2 Å². The van der Waals surface area contributed by atoms with Crippen LogP contribution >= 0.6 is 0 Å². The highest BCUT2D eigenvalue weighted by molar-refractivity contribution is 5.65. The molecule has 0 bridgehead atoms. The van der Waals surface area contributed by atoms with Crippen LogP contribution in [0.1, 0.15) is 11.1 Å². The molecule has 1 amide bonds. The van der Waals surface area contributed by atoms with Gasteiger partial charge in [0.2, 0.25) is 0 Å². The largest absolute Gasteiger partial charge is 0.465 e. The molecule has 0 fully saturated rings. The van der Waals surface area contributed by atoms with Gasteiger partial charge in [-0.25, -0.2) is 4.79 Å². The van der Waals surface area contributed by atoms with Crippen molar-refractivity contribution in [2.24, 2.45) is 0 Å². The van der Waals surface area contributed by atoms with E-state index in [0.29, 0.717) is 13.1 Å². The van der Waals surface area contributed by atoms with E-state index in [1.165, 1.54) is 10.5 Å². The Kier molecular flexibility index (Phi) is 1.93. The molecule has 0 unspecified atom stereocenters. The maximum Gasteiger partial charge on any atom is 0.407 e. The van der Waals surface area contributed by atoms with Gasteiger partial charge in [-0.05, 0) is 23.6 Å². The van der Waals surface area contributed by atoms with Crippen molar-refractivity contribution >= 4 is 6.09 Å². The predicted molar refractivity (Wildman–Crippen MR) is 47.4 cm³/mol. The van der Waals surface area contributed by atoms with Crippen molar-refractivity contribution in [1.82, 2.24) is 4.90 Å². The van der Waals surface area contributed by atoms with E-state index >= 15 is 0 Å². The Morgan fingerprint density at radius 1 is 1.54 bits per heavy atom. The molecule has 3 heteroatoms. The van der Waals surface area contributed by atoms with Gasteiger partial charge in [-0.3, -0.25) is 0 Å². The Labute approximate surface area is 76.6 Å². The molecular weight excluding hydrogens is 166 g/mol. The first-order valence-electron chi connectivity index (χ1n) is 4.23. The average molecular weight is 176 g/mol. The summed E-state index contributed by atoms with van der Waals surface area (Å²) in [5, 5.41) is 8.78. The van der Waals surface area contributed by atoms with Crippen LogP contribution in [-0.2, 0) is 13.0 Å². The maximum atomic E-state index is 10.7. The molecule has 1 aliphatic heterocycles. The Bertz CT molecular complexity index is 335. The summed E-state index contributed by atoms with van der Waals surface area (Å²) in [6, 6.07) is 8.70. The molecule has 1 heterocycles. The van der Waals surface area contributed by atoms with Crippen molar-refractivity contribution in [3.05, 3.63) is 35.4 Å². The van der Waals surface area contributed by atoms with E-state index in [2.05, 4.69) is 6.07 Å². The van der Waals surface area contributed by atoms with Crippen LogP contribution < -0.4 is 0 Å². The molecule has 1 N–H and O–H groups in total. The van der Waals surface area contributed by atoms with Gasteiger partial charge in [0.1, 0.15) is 0 Å². The number of hydrogen-bond donors (Lipinski definition) is 1. The Morgan fingerprint density at radius 3 is 3.15 bits per heavy atom. The third kappa shape index (κ3) is 1.49. The second-order valence-electron chi connectivity index (χ2n) is 3.15. The molecule has 13 heavy (non-hydrogen) atoms. The second kappa shape index (κ2) is 3.09. The first-order valence-corrected chi connectivity index (χ1v) is 4.23. The number of fused-ring (bicyclic) bond motifs is 1. The van der Waals surface area contributed by atoms with Crippen LogP contribution in [0.25, 0.3) is 0 Å². The molecule has 1 aliphatic rings. The Morgan fingerprint density at radius 2 is 2.38 bits per heavy atom. The summed E-state index contributed by atoms with van der Waals surface area (Å²) in [4.78, 5) is 12.1. The lowest BCUT2D eigenvalue weighted by molar-refractivity contribution is 0.140. The molecule has 0 saturated carbocycles. The van der Waals surface area contributed by atoms with Gasteiger partial charge in [0.15, 0.2) is 0 Å². The third-order valence-corrected chi connectivity index (χ3v) is 2.33. The Balaban J connectivity index is 2.24. The summed E-state index contributed by atoms with van der Waals surface area (Å²) in [5.41, 5.74) is 2.33. The highest BCUT2D eigenvalue weighted by atomic mass is 16.4. The second-order valence-corrected chi connectivity index (χ2v) is 3.15. The van der Waals surface area contributed by atoms with Crippen LogP contribution in [0.5, 0.6) is 0 Å². The Hall–Kier alpha value is -1.51. The van der Waals surface area contributed by atoms with Crippen molar-refractivity contribution in [3.8, 4) is 0 Å². The molecule has 0 atom stereocenters. The number of nitrogens with zero attached hydrogens (tertiary/aromatic N) is 1. The van der Waals surface area contributed by atoms with E-state index in [4.69, 9.17) is 5.11 Å². The van der Waals surface area contributed by atoms with Crippen LogP contribution in [0.15, 0.2) is 18.2 Å². The number of carboxylic acid groups (broad SMARTS) is 1. The van der Waals surface area contributed by atoms with Gasteiger partial charge >= 0.3 is 6.09 Å². The zero-order chi connectivity index (χ0) is 9.26. The summed E-state index contributed by atoms with van der Waals surface area (Å²) < 4.78 is 0. The fourth-order valence-electron chi connectivity index (χ4n) is 1.59. The van der Waals surface area contributed by atoms with Gasteiger partial charge in [0, 0.05) is 13.1 Å². The number of hydrogen-bond acceptors (Lipinski definition) is 1. The fourth-order valence-corrected chi connectivity index (χ4v) is 1.59. The third-order valence-electron chi connectivity index (χ3n) is 2.33. The molecule has 1 radical (unpaired) electrons. The first-order chi connectivity index (χ1) is 6.27. The van der Waals surface area contributed by atoms with E-state index in [-0.39, 0.29) is 0 Å². The first kappa shape index (κ1) is 8.10. The normalized spacial score (nSPS) is 15.2. The topological polar surface area (TPSA) is 40.5 Å². The SMILES string of the molecule is O=C(O)N1CCc2c[c]ccc2C1. The summed E-state index contributed by atoms with van der Waals surface area (Å²) in [6.07, 6.45) is -0.0302. The van der Waals surface area contributed by atoms with E-state index in [1.54, 1.807) is 0 Å². The van der Waals surface area contributed by atoms with Crippen LogP contribution in [0.2, 0.25) is 0 Å². The molecule has 67 valence electrons.